The molecule has 4 aromatic rings. The van der Waals surface area contributed by atoms with Gasteiger partial charge in [0.1, 0.15) is 0 Å². The second-order valence-corrected chi connectivity index (χ2v) is 8.57. The number of nitrogens with zero attached hydrogens (tertiary/aromatic N) is 4. The third-order valence-electron chi connectivity index (χ3n) is 5.23. The van der Waals surface area contributed by atoms with E-state index in [1.165, 1.54) is 11.3 Å². The van der Waals surface area contributed by atoms with Gasteiger partial charge in [0.15, 0.2) is 16.6 Å². The Morgan fingerprint density at radius 2 is 1.94 bits per heavy atom. The SMILES string of the molecule is CCOc1ccc(C(=O)N(CCCn2ccnc2)c2nc3c(C)cccc3s2)cc1OCC. The molecule has 1 amide bonds. The summed E-state index contributed by atoms with van der Waals surface area (Å²) in [5.74, 6) is 1.10. The minimum absolute atomic E-state index is 0.110. The molecule has 172 valence electrons. The van der Waals surface area contributed by atoms with Crippen LogP contribution in [0.1, 0.15) is 36.2 Å². The minimum Gasteiger partial charge on any atom is -0.490 e. The Kier molecular flexibility index (Phi) is 7.24. The molecule has 2 heterocycles. The monoisotopic (exact) mass is 464 g/mol. The van der Waals surface area contributed by atoms with E-state index in [9.17, 15) is 4.79 Å². The highest BCUT2D eigenvalue weighted by molar-refractivity contribution is 7.22. The third-order valence-corrected chi connectivity index (χ3v) is 6.28. The molecular formula is C25H28N4O3S. The normalized spacial score (nSPS) is 11.0. The maximum atomic E-state index is 13.7. The molecule has 4 rings (SSSR count). The first kappa shape index (κ1) is 22.8. The molecule has 0 aliphatic heterocycles. The summed E-state index contributed by atoms with van der Waals surface area (Å²) in [6.07, 6.45) is 6.24. The van der Waals surface area contributed by atoms with Gasteiger partial charge >= 0.3 is 0 Å². The zero-order chi connectivity index (χ0) is 23.2. The summed E-state index contributed by atoms with van der Waals surface area (Å²) in [7, 11) is 0. The topological polar surface area (TPSA) is 69.5 Å². The second kappa shape index (κ2) is 10.5. The Bertz CT molecular complexity index is 1220. The van der Waals surface area contributed by atoms with Crippen molar-refractivity contribution < 1.29 is 14.3 Å². The minimum atomic E-state index is -0.110. The van der Waals surface area contributed by atoms with Gasteiger partial charge in [-0.2, -0.15) is 0 Å². The van der Waals surface area contributed by atoms with Gasteiger partial charge in [-0.15, -0.1) is 0 Å². The molecule has 8 heteroatoms. The number of rotatable bonds is 10. The maximum absolute atomic E-state index is 13.7. The second-order valence-electron chi connectivity index (χ2n) is 7.56. The van der Waals surface area contributed by atoms with Crippen molar-refractivity contribution in [3.05, 3.63) is 66.2 Å². The number of anilines is 1. The van der Waals surface area contributed by atoms with E-state index in [1.807, 2.05) is 49.7 Å². The Labute approximate surface area is 197 Å². The number of carbonyl (C=O) groups is 1. The first-order chi connectivity index (χ1) is 16.1. The van der Waals surface area contributed by atoms with Crippen LogP contribution in [0.5, 0.6) is 11.5 Å². The van der Waals surface area contributed by atoms with E-state index in [-0.39, 0.29) is 5.91 Å². The van der Waals surface area contributed by atoms with Gasteiger partial charge in [-0.05, 0) is 57.0 Å². The van der Waals surface area contributed by atoms with E-state index >= 15 is 0 Å². The summed E-state index contributed by atoms with van der Waals surface area (Å²) in [6, 6.07) is 11.5. The number of ether oxygens (including phenoxy) is 2. The highest BCUT2D eigenvalue weighted by atomic mass is 32.1. The van der Waals surface area contributed by atoms with Gasteiger partial charge in [0.25, 0.3) is 5.91 Å². The van der Waals surface area contributed by atoms with Crippen LogP contribution in [-0.4, -0.2) is 40.2 Å². The lowest BCUT2D eigenvalue weighted by Crippen LogP contribution is -2.32. The van der Waals surface area contributed by atoms with E-state index < -0.39 is 0 Å². The lowest BCUT2D eigenvalue weighted by Gasteiger charge is -2.21. The van der Waals surface area contributed by atoms with Crippen molar-refractivity contribution in [1.29, 1.82) is 0 Å². The number of carbonyl (C=O) groups excluding carboxylic acids is 1. The standard InChI is InChI=1S/C25H28N4O3S/c1-4-31-20-11-10-19(16-21(20)32-5-2)24(30)29(14-7-13-28-15-12-26-17-28)25-27-23-18(3)8-6-9-22(23)33-25/h6,8-12,15-17H,4-5,7,13-14H2,1-3H3. The summed E-state index contributed by atoms with van der Waals surface area (Å²) in [4.78, 5) is 24.4. The molecule has 2 aromatic heterocycles. The number of hydrogen-bond donors (Lipinski definition) is 0. The molecule has 0 bridgehead atoms. The fourth-order valence-corrected chi connectivity index (χ4v) is 4.71. The van der Waals surface area contributed by atoms with Crippen molar-refractivity contribution in [3.8, 4) is 11.5 Å². The number of imidazole rings is 1. The molecule has 7 nitrogen and oxygen atoms in total. The van der Waals surface area contributed by atoms with Gasteiger partial charge < -0.3 is 14.0 Å². The van der Waals surface area contributed by atoms with Gasteiger partial charge in [-0.1, -0.05) is 23.5 Å². The molecule has 33 heavy (non-hydrogen) atoms. The molecule has 0 fully saturated rings. The predicted molar refractivity (Wildman–Crippen MR) is 132 cm³/mol. The number of fused-ring (bicyclic) bond motifs is 1. The maximum Gasteiger partial charge on any atom is 0.260 e. The van der Waals surface area contributed by atoms with Crippen LogP contribution in [0.2, 0.25) is 0 Å². The van der Waals surface area contributed by atoms with Crippen molar-refractivity contribution in [2.24, 2.45) is 0 Å². The van der Waals surface area contributed by atoms with Crippen molar-refractivity contribution in [2.45, 2.75) is 33.7 Å². The number of amides is 1. The zero-order valence-corrected chi connectivity index (χ0v) is 20.0. The van der Waals surface area contributed by atoms with Crippen molar-refractivity contribution >= 4 is 32.6 Å². The molecule has 0 atom stereocenters. The highest BCUT2D eigenvalue weighted by Gasteiger charge is 2.23. The van der Waals surface area contributed by atoms with Gasteiger partial charge in [-0.25, -0.2) is 9.97 Å². The zero-order valence-electron chi connectivity index (χ0n) is 19.2. The van der Waals surface area contributed by atoms with Crippen LogP contribution in [0.4, 0.5) is 5.13 Å². The van der Waals surface area contributed by atoms with Crippen LogP contribution < -0.4 is 14.4 Å². The van der Waals surface area contributed by atoms with E-state index in [0.717, 1.165) is 28.7 Å². The Balaban J connectivity index is 1.66. The van der Waals surface area contributed by atoms with Crippen molar-refractivity contribution in [1.82, 2.24) is 14.5 Å². The van der Waals surface area contributed by atoms with E-state index in [0.29, 0.717) is 42.0 Å². The molecule has 2 aromatic carbocycles. The number of aromatic nitrogens is 3. The number of para-hydroxylation sites is 1. The fourth-order valence-electron chi connectivity index (χ4n) is 3.64. The molecule has 0 aliphatic rings. The number of thiazole rings is 1. The first-order valence-corrected chi connectivity index (χ1v) is 12.0. The smallest absolute Gasteiger partial charge is 0.260 e. The summed E-state index contributed by atoms with van der Waals surface area (Å²) in [5, 5.41) is 0.696. The summed E-state index contributed by atoms with van der Waals surface area (Å²) in [6.45, 7) is 8.19. The van der Waals surface area contributed by atoms with Crippen LogP contribution in [0, 0.1) is 6.92 Å². The van der Waals surface area contributed by atoms with Crippen LogP contribution in [0.3, 0.4) is 0 Å². The molecule has 0 radical (unpaired) electrons. The van der Waals surface area contributed by atoms with Crippen molar-refractivity contribution in [3.63, 3.8) is 0 Å². The lowest BCUT2D eigenvalue weighted by molar-refractivity contribution is 0.0985. The van der Waals surface area contributed by atoms with E-state index in [2.05, 4.69) is 4.98 Å². The first-order valence-electron chi connectivity index (χ1n) is 11.1. The molecular weight excluding hydrogens is 436 g/mol. The largest absolute Gasteiger partial charge is 0.490 e. The summed E-state index contributed by atoms with van der Waals surface area (Å²) < 4.78 is 14.5. The lowest BCUT2D eigenvalue weighted by atomic mass is 10.1. The van der Waals surface area contributed by atoms with Crippen LogP contribution in [0.25, 0.3) is 10.2 Å². The number of hydrogen-bond acceptors (Lipinski definition) is 6. The Morgan fingerprint density at radius 1 is 1.12 bits per heavy atom. The Hall–Kier alpha value is -3.39. The molecule has 0 aliphatic carbocycles. The quantitative estimate of drug-likeness (QED) is 0.317. The van der Waals surface area contributed by atoms with Gasteiger partial charge in [-0.3, -0.25) is 9.69 Å². The number of benzene rings is 2. The highest BCUT2D eigenvalue weighted by Crippen LogP contribution is 2.33. The molecule has 0 saturated carbocycles. The average molecular weight is 465 g/mol. The Morgan fingerprint density at radius 3 is 2.67 bits per heavy atom. The molecule has 0 saturated heterocycles. The van der Waals surface area contributed by atoms with Gasteiger partial charge in [0.05, 0.1) is 29.8 Å². The summed E-state index contributed by atoms with van der Waals surface area (Å²) in [5.41, 5.74) is 2.58. The predicted octanol–water partition coefficient (Wildman–Crippen LogP) is 5.34. The average Bonchev–Trinajstić information content (AvgIpc) is 3.48. The van der Waals surface area contributed by atoms with Crippen molar-refractivity contribution in [2.75, 3.05) is 24.7 Å². The number of aryl methyl sites for hydroxylation is 2. The van der Waals surface area contributed by atoms with Crippen LogP contribution >= 0.6 is 11.3 Å². The van der Waals surface area contributed by atoms with Gasteiger partial charge in [0.2, 0.25) is 0 Å². The third kappa shape index (κ3) is 5.17. The van der Waals surface area contributed by atoms with E-state index in [4.69, 9.17) is 14.5 Å². The summed E-state index contributed by atoms with van der Waals surface area (Å²) >= 11 is 1.54. The van der Waals surface area contributed by atoms with Crippen LogP contribution in [0.15, 0.2) is 55.1 Å². The van der Waals surface area contributed by atoms with Crippen LogP contribution in [-0.2, 0) is 6.54 Å². The molecule has 0 unspecified atom stereocenters. The fraction of sp³-hybridized carbons (Fsp3) is 0.320. The van der Waals surface area contributed by atoms with Gasteiger partial charge in [0, 0.05) is 31.0 Å². The molecule has 0 spiro atoms. The molecule has 0 N–H and O–H groups in total. The van der Waals surface area contributed by atoms with E-state index in [1.54, 1.807) is 35.6 Å².